The van der Waals surface area contributed by atoms with Crippen molar-refractivity contribution in [2.45, 2.75) is 45.4 Å². The maximum absolute atomic E-state index is 13.2. The van der Waals surface area contributed by atoms with Crippen LogP contribution in [0.25, 0.3) is 0 Å². The number of aliphatic imine (C=N–C) groups is 1. The molecule has 2 atom stereocenters. The van der Waals surface area contributed by atoms with Gasteiger partial charge in [0.15, 0.2) is 11.0 Å². The molecule has 0 unspecified atom stereocenters. The molecule has 30 heavy (non-hydrogen) atoms. The first-order valence-corrected chi connectivity index (χ1v) is 10.9. The second kappa shape index (κ2) is 8.10. The smallest absolute Gasteiger partial charge is 0.340 e. The molecule has 1 N–H and O–H groups in total. The summed E-state index contributed by atoms with van der Waals surface area (Å²) < 4.78 is 5.13. The molecule has 1 aromatic heterocycles. The molecule has 0 saturated heterocycles. The van der Waals surface area contributed by atoms with Crippen molar-refractivity contribution in [1.82, 2.24) is 9.99 Å². The summed E-state index contributed by atoms with van der Waals surface area (Å²) in [6, 6.07) is 8.15. The van der Waals surface area contributed by atoms with E-state index >= 15 is 0 Å². The van der Waals surface area contributed by atoms with Gasteiger partial charge in [-0.15, -0.1) is 0 Å². The van der Waals surface area contributed by atoms with Crippen molar-refractivity contribution in [3.63, 3.8) is 0 Å². The predicted molar refractivity (Wildman–Crippen MR) is 119 cm³/mol. The normalized spacial score (nSPS) is 17.9. The number of aromatic amines is 1. The van der Waals surface area contributed by atoms with Gasteiger partial charge in [0, 0.05) is 23.9 Å². The van der Waals surface area contributed by atoms with Crippen molar-refractivity contribution in [3.05, 3.63) is 52.3 Å². The summed E-state index contributed by atoms with van der Waals surface area (Å²) in [7, 11) is 0. The van der Waals surface area contributed by atoms with Gasteiger partial charge in [-0.05, 0) is 39.3 Å². The number of esters is 1. The van der Waals surface area contributed by atoms with Crippen LogP contribution >= 0.6 is 11.8 Å². The molecular formula is C22H24N4O3S. The Labute approximate surface area is 179 Å². The fraction of sp³-hybridized carbons (Fsp3) is 0.364. The second-order valence-electron chi connectivity index (χ2n) is 7.32. The van der Waals surface area contributed by atoms with Crippen molar-refractivity contribution in [2.75, 3.05) is 6.61 Å². The van der Waals surface area contributed by atoms with Crippen LogP contribution in [0.15, 0.2) is 34.4 Å². The molecule has 8 heteroatoms. The largest absolute Gasteiger partial charge is 0.462 e. The zero-order chi connectivity index (χ0) is 21.4. The number of carbonyl (C=O) groups excluding carboxylic acids is 2. The number of aromatic nitrogens is 1. The number of aryl methyl sites for hydroxylation is 1. The first-order chi connectivity index (χ1) is 14.4. The highest BCUT2D eigenvalue weighted by atomic mass is 32.2. The van der Waals surface area contributed by atoms with Gasteiger partial charge < -0.3 is 9.72 Å². The van der Waals surface area contributed by atoms with Gasteiger partial charge in [-0.3, -0.25) is 4.79 Å². The summed E-state index contributed by atoms with van der Waals surface area (Å²) >= 11 is 1.38. The number of rotatable bonds is 5. The third kappa shape index (κ3) is 3.45. The third-order valence-electron chi connectivity index (χ3n) is 5.35. The van der Waals surface area contributed by atoms with E-state index in [1.165, 1.54) is 11.8 Å². The maximum Gasteiger partial charge on any atom is 0.340 e. The number of para-hydroxylation sites is 1. The Morgan fingerprint density at radius 2 is 2.10 bits per heavy atom. The number of hydrazone groups is 1. The quantitative estimate of drug-likeness (QED) is 0.562. The number of fused-ring (bicyclic) bond motifs is 3. The zero-order valence-electron chi connectivity index (χ0n) is 17.4. The molecule has 0 amide bonds. The van der Waals surface area contributed by atoms with E-state index in [0.29, 0.717) is 27.7 Å². The highest BCUT2D eigenvalue weighted by molar-refractivity contribution is 8.14. The lowest BCUT2D eigenvalue weighted by Gasteiger charge is -2.30. The van der Waals surface area contributed by atoms with Crippen LogP contribution in [0, 0.1) is 13.8 Å². The van der Waals surface area contributed by atoms with Crippen LogP contribution in [-0.4, -0.2) is 45.0 Å². The van der Waals surface area contributed by atoms with E-state index in [0.717, 1.165) is 17.7 Å². The number of amidine groups is 1. The van der Waals surface area contributed by atoms with Gasteiger partial charge >= 0.3 is 5.97 Å². The number of ether oxygens (including phenoxy) is 1. The molecule has 2 aliphatic rings. The second-order valence-corrected chi connectivity index (χ2v) is 8.63. The topological polar surface area (TPSA) is 87.1 Å². The standard InChI is InChI=1S/C22H24N4O3S/c1-5-29-21(28)18-12(2)19(24-13(18)3)20(27)14(4)30-22-25-16-9-7-6-8-15(16)17-10-11-23-26(17)22/h6-9,11,14,17,24H,5,10H2,1-4H3/t14-,17+/m0/s1. The van der Waals surface area contributed by atoms with Gasteiger partial charge in [-0.1, -0.05) is 30.0 Å². The lowest BCUT2D eigenvalue weighted by atomic mass is 10.0. The van der Waals surface area contributed by atoms with Crippen LogP contribution in [0.2, 0.25) is 0 Å². The Hall–Kier alpha value is -2.87. The Bertz CT molecular complexity index is 1070. The number of ketones is 1. The van der Waals surface area contributed by atoms with Gasteiger partial charge in [0.1, 0.15) is 0 Å². The fourth-order valence-corrected chi connectivity index (χ4v) is 4.86. The fourth-order valence-electron chi connectivity index (χ4n) is 3.88. The number of Topliss-reactive ketones (excluding diaryl/α,β-unsaturated/α-hetero) is 1. The lowest BCUT2D eigenvalue weighted by molar-refractivity contribution is 0.0525. The number of benzene rings is 1. The molecule has 0 spiro atoms. The summed E-state index contributed by atoms with van der Waals surface area (Å²) in [6.07, 6.45) is 2.70. The van der Waals surface area contributed by atoms with E-state index in [2.05, 4.69) is 16.2 Å². The number of H-pyrrole nitrogens is 1. The van der Waals surface area contributed by atoms with Gasteiger partial charge in [-0.2, -0.15) is 5.10 Å². The van der Waals surface area contributed by atoms with E-state index in [-0.39, 0.29) is 18.4 Å². The molecule has 2 aliphatic heterocycles. The Balaban J connectivity index is 1.59. The number of thioether (sulfide) groups is 1. The molecule has 4 rings (SSSR count). The molecule has 0 saturated carbocycles. The molecule has 0 fully saturated rings. The van der Waals surface area contributed by atoms with Crippen molar-refractivity contribution in [3.8, 4) is 0 Å². The van der Waals surface area contributed by atoms with Crippen LogP contribution in [-0.2, 0) is 4.74 Å². The molecule has 0 radical (unpaired) electrons. The highest BCUT2D eigenvalue weighted by Crippen LogP contribution is 2.41. The van der Waals surface area contributed by atoms with Crippen LogP contribution in [0.3, 0.4) is 0 Å². The van der Waals surface area contributed by atoms with E-state index in [1.807, 2.05) is 36.3 Å². The highest BCUT2D eigenvalue weighted by Gasteiger charge is 2.35. The Morgan fingerprint density at radius 1 is 1.33 bits per heavy atom. The van der Waals surface area contributed by atoms with E-state index in [1.54, 1.807) is 20.8 Å². The molecule has 3 heterocycles. The van der Waals surface area contributed by atoms with Gasteiger partial charge in [0.2, 0.25) is 0 Å². The van der Waals surface area contributed by atoms with Gasteiger partial charge in [0.05, 0.1) is 34.8 Å². The summed E-state index contributed by atoms with van der Waals surface area (Å²) in [5.41, 5.74) is 4.20. The van der Waals surface area contributed by atoms with Crippen LogP contribution in [0.1, 0.15) is 64.0 Å². The number of nitrogens with one attached hydrogen (secondary N) is 1. The molecule has 0 bridgehead atoms. The maximum atomic E-state index is 13.2. The van der Waals surface area contributed by atoms with Crippen LogP contribution < -0.4 is 0 Å². The van der Waals surface area contributed by atoms with Gasteiger partial charge in [-0.25, -0.2) is 14.8 Å². The number of hydrogen-bond donors (Lipinski definition) is 1. The Kier molecular flexibility index (Phi) is 5.51. The minimum absolute atomic E-state index is 0.0857. The third-order valence-corrected chi connectivity index (χ3v) is 6.41. The van der Waals surface area contributed by atoms with Crippen molar-refractivity contribution < 1.29 is 14.3 Å². The number of nitrogens with zero attached hydrogens (tertiary/aromatic N) is 3. The van der Waals surface area contributed by atoms with E-state index in [9.17, 15) is 9.59 Å². The predicted octanol–water partition coefficient (Wildman–Crippen LogP) is 4.55. The zero-order valence-corrected chi connectivity index (χ0v) is 18.2. The van der Waals surface area contributed by atoms with Crippen molar-refractivity contribution >= 4 is 40.6 Å². The van der Waals surface area contributed by atoms with E-state index < -0.39 is 11.2 Å². The SMILES string of the molecule is CCOC(=O)c1c(C)[nH]c(C(=O)[C@H](C)SC2=Nc3ccccc3[C@H]3CC=NN23)c1C. The van der Waals surface area contributed by atoms with Crippen LogP contribution in [0.4, 0.5) is 5.69 Å². The molecule has 0 aliphatic carbocycles. The molecular weight excluding hydrogens is 400 g/mol. The lowest BCUT2D eigenvalue weighted by Crippen LogP contribution is -2.30. The Morgan fingerprint density at radius 3 is 2.87 bits per heavy atom. The van der Waals surface area contributed by atoms with Crippen molar-refractivity contribution in [2.24, 2.45) is 10.1 Å². The molecule has 156 valence electrons. The molecule has 2 aromatic rings. The minimum Gasteiger partial charge on any atom is -0.462 e. The van der Waals surface area contributed by atoms with Crippen LogP contribution in [0.5, 0.6) is 0 Å². The summed E-state index contributed by atoms with van der Waals surface area (Å²) in [6.45, 7) is 7.45. The number of carbonyl (C=O) groups is 2. The first-order valence-electron chi connectivity index (χ1n) is 9.98. The molecule has 7 nitrogen and oxygen atoms in total. The molecule has 1 aromatic carbocycles. The number of hydrogen-bond acceptors (Lipinski definition) is 7. The minimum atomic E-state index is -0.411. The van der Waals surface area contributed by atoms with E-state index in [4.69, 9.17) is 9.73 Å². The van der Waals surface area contributed by atoms with Gasteiger partial charge in [0.25, 0.3) is 0 Å². The summed E-state index contributed by atoms with van der Waals surface area (Å²) in [4.78, 5) is 33.3. The first kappa shape index (κ1) is 20.4. The average Bonchev–Trinajstić information content (AvgIpc) is 3.32. The van der Waals surface area contributed by atoms with Crippen molar-refractivity contribution in [1.29, 1.82) is 0 Å². The monoisotopic (exact) mass is 424 g/mol. The summed E-state index contributed by atoms with van der Waals surface area (Å²) in [5.74, 6) is -0.497. The average molecular weight is 425 g/mol. The summed E-state index contributed by atoms with van der Waals surface area (Å²) in [5, 5.41) is 6.68.